The number of amides is 2. The normalized spacial score (nSPS) is 24.9. The highest BCUT2D eigenvalue weighted by Crippen LogP contribution is 2.43. The van der Waals surface area contributed by atoms with Crippen molar-refractivity contribution in [2.75, 3.05) is 13.6 Å². The van der Waals surface area contributed by atoms with Crippen LogP contribution in [0.25, 0.3) is 0 Å². The number of likely N-dealkylation sites (tertiary alicyclic amines) is 1. The lowest BCUT2D eigenvalue weighted by molar-refractivity contribution is 0.0380. The Kier molecular flexibility index (Phi) is 4.29. The summed E-state index contributed by atoms with van der Waals surface area (Å²) in [7, 11) is 2.10. The fraction of sp³-hybridized carbons (Fsp3) is 0.529. The van der Waals surface area contributed by atoms with Crippen molar-refractivity contribution >= 4 is 11.8 Å². The molecule has 1 saturated heterocycles. The van der Waals surface area contributed by atoms with E-state index in [2.05, 4.69) is 32.7 Å². The molecule has 2 amide bonds. The van der Waals surface area contributed by atoms with Gasteiger partial charge in [-0.3, -0.25) is 9.59 Å². The average Bonchev–Trinajstić information content (AvgIpc) is 2.45. The SMILES string of the molecule is CC1C(c2c(C(N)=O)cccc2C(N)=O)CCN(C)C1(C)C. The topological polar surface area (TPSA) is 89.4 Å². The Hall–Kier alpha value is -1.88. The highest BCUT2D eigenvalue weighted by molar-refractivity contribution is 6.01. The van der Waals surface area contributed by atoms with E-state index in [9.17, 15) is 9.59 Å². The van der Waals surface area contributed by atoms with Crippen LogP contribution in [0.1, 0.15) is 59.4 Å². The smallest absolute Gasteiger partial charge is 0.249 e. The number of carbonyl (C=O) groups is 2. The molecule has 1 aliphatic heterocycles. The van der Waals surface area contributed by atoms with Gasteiger partial charge in [-0.25, -0.2) is 0 Å². The molecule has 5 heteroatoms. The molecule has 120 valence electrons. The van der Waals surface area contributed by atoms with E-state index in [1.54, 1.807) is 18.2 Å². The molecular formula is C17H25N3O2. The minimum Gasteiger partial charge on any atom is -0.366 e. The number of carbonyl (C=O) groups excluding carboxylic acids is 2. The van der Waals surface area contributed by atoms with Crippen molar-refractivity contribution in [3.05, 3.63) is 34.9 Å². The van der Waals surface area contributed by atoms with E-state index in [1.165, 1.54) is 0 Å². The number of nitrogens with two attached hydrogens (primary N) is 2. The maximum atomic E-state index is 11.8. The molecule has 5 nitrogen and oxygen atoms in total. The van der Waals surface area contributed by atoms with E-state index in [-0.39, 0.29) is 17.4 Å². The first-order valence-electron chi connectivity index (χ1n) is 7.61. The largest absolute Gasteiger partial charge is 0.366 e. The van der Waals surface area contributed by atoms with Crippen molar-refractivity contribution < 1.29 is 9.59 Å². The number of hydrogen-bond donors (Lipinski definition) is 2. The van der Waals surface area contributed by atoms with Crippen LogP contribution in [0.4, 0.5) is 0 Å². The van der Waals surface area contributed by atoms with Crippen LogP contribution in [-0.2, 0) is 0 Å². The summed E-state index contributed by atoms with van der Waals surface area (Å²) in [6, 6.07) is 5.03. The van der Waals surface area contributed by atoms with Gasteiger partial charge in [0.15, 0.2) is 0 Å². The first-order valence-corrected chi connectivity index (χ1v) is 7.61. The van der Waals surface area contributed by atoms with Crippen LogP contribution < -0.4 is 11.5 Å². The maximum absolute atomic E-state index is 11.8. The number of hydrogen-bond acceptors (Lipinski definition) is 3. The van der Waals surface area contributed by atoms with Gasteiger partial charge in [0.05, 0.1) is 0 Å². The first-order chi connectivity index (χ1) is 10.2. The standard InChI is InChI=1S/C17H25N3O2/c1-10-11(8-9-20(4)17(10,2)3)14-12(15(18)21)6-5-7-13(14)16(19)22/h5-7,10-11H,8-9H2,1-4H3,(H2,18,21)(H2,19,22). The van der Waals surface area contributed by atoms with Crippen LogP contribution in [0.3, 0.4) is 0 Å². The number of nitrogens with zero attached hydrogens (tertiary/aromatic N) is 1. The number of rotatable bonds is 3. The van der Waals surface area contributed by atoms with E-state index in [0.29, 0.717) is 11.1 Å². The molecule has 0 saturated carbocycles. The maximum Gasteiger partial charge on any atom is 0.249 e. The highest BCUT2D eigenvalue weighted by atomic mass is 16.1. The van der Waals surface area contributed by atoms with Crippen molar-refractivity contribution in [1.29, 1.82) is 0 Å². The molecule has 4 N–H and O–H groups in total. The molecule has 0 spiro atoms. The summed E-state index contributed by atoms with van der Waals surface area (Å²) in [5.41, 5.74) is 12.6. The lowest BCUT2D eigenvalue weighted by Crippen LogP contribution is -2.53. The molecule has 1 aliphatic rings. The molecule has 2 unspecified atom stereocenters. The Morgan fingerprint density at radius 1 is 1.18 bits per heavy atom. The molecule has 1 heterocycles. The third-order valence-electron chi connectivity index (χ3n) is 5.49. The van der Waals surface area contributed by atoms with Crippen LogP contribution >= 0.6 is 0 Å². The molecule has 1 aromatic rings. The molecule has 0 aromatic heterocycles. The second-order valence-corrected chi connectivity index (χ2v) is 6.75. The first kappa shape index (κ1) is 16.5. The quantitative estimate of drug-likeness (QED) is 0.891. The van der Waals surface area contributed by atoms with Gasteiger partial charge in [0.2, 0.25) is 11.8 Å². The average molecular weight is 303 g/mol. The van der Waals surface area contributed by atoms with Crippen molar-refractivity contribution in [2.45, 2.75) is 38.6 Å². The van der Waals surface area contributed by atoms with Crippen molar-refractivity contribution in [3.8, 4) is 0 Å². The predicted octanol–water partition coefficient (Wildman–Crippen LogP) is 1.72. The van der Waals surface area contributed by atoms with Crippen LogP contribution in [-0.4, -0.2) is 35.8 Å². The van der Waals surface area contributed by atoms with Gasteiger partial charge in [-0.15, -0.1) is 0 Å². The molecule has 2 atom stereocenters. The van der Waals surface area contributed by atoms with Gasteiger partial charge < -0.3 is 16.4 Å². The molecule has 1 fully saturated rings. The predicted molar refractivity (Wildman–Crippen MR) is 86.7 cm³/mol. The number of piperidine rings is 1. The summed E-state index contributed by atoms with van der Waals surface area (Å²) in [4.78, 5) is 26.0. The Morgan fingerprint density at radius 2 is 1.68 bits per heavy atom. The van der Waals surface area contributed by atoms with Gasteiger partial charge in [-0.05, 0) is 63.4 Å². The highest BCUT2D eigenvalue weighted by Gasteiger charge is 2.42. The minimum absolute atomic E-state index is 0.0391. The Morgan fingerprint density at radius 3 is 2.14 bits per heavy atom. The van der Waals surface area contributed by atoms with E-state index in [1.807, 2.05) is 0 Å². The lowest BCUT2D eigenvalue weighted by Gasteiger charge is -2.49. The van der Waals surface area contributed by atoms with Gasteiger partial charge in [0.25, 0.3) is 0 Å². The Bertz CT molecular complexity index is 578. The summed E-state index contributed by atoms with van der Waals surface area (Å²) in [6.07, 6.45) is 0.867. The molecular weight excluding hydrogens is 278 g/mol. The van der Waals surface area contributed by atoms with Crippen molar-refractivity contribution in [3.63, 3.8) is 0 Å². The van der Waals surface area contributed by atoms with E-state index in [4.69, 9.17) is 11.5 Å². The summed E-state index contributed by atoms with van der Waals surface area (Å²) < 4.78 is 0. The van der Waals surface area contributed by atoms with Gasteiger partial charge in [0.1, 0.15) is 0 Å². The molecule has 2 rings (SSSR count). The summed E-state index contributed by atoms with van der Waals surface area (Å²) in [5, 5.41) is 0. The molecule has 0 bridgehead atoms. The van der Waals surface area contributed by atoms with E-state index < -0.39 is 11.8 Å². The summed E-state index contributed by atoms with van der Waals surface area (Å²) in [5.74, 6) is -0.689. The van der Waals surface area contributed by atoms with E-state index in [0.717, 1.165) is 18.5 Å². The zero-order valence-electron chi connectivity index (χ0n) is 13.7. The Balaban J connectivity index is 2.60. The number of benzene rings is 1. The van der Waals surface area contributed by atoms with Crippen LogP contribution in [0.2, 0.25) is 0 Å². The Labute approximate surface area is 131 Å². The van der Waals surface area contributed by atoms with Gasteiger partial charge in [0, 0.05) is 16.7 Å². The zero-order chi connectivity index (χ0) is 16.7. The minimum atomic E-state index is -0.512. The fourth-order valence-electron chi connectivity index (χ4n) is 3.50. The lowest BCUT2D eigenvalue weighted by atomic mass is 9.69. The van der Waals surface area contributed by atoms with E-state index >= 15 is 0 Å². The molecule has 22 heavy (non-hydrogen) atoms. The molecule has 0 aliphatic carbocycles. The van der Waals surface area contributed by atoms with Gasteiger partial charge in [-0.1, -0.05) is 13.0 Å². The fourth-order valence-corrected chi connectivity index (χ4v) is 3.50. The third-order valence-corrected chi connectivity index (χ3v) is 5.49. The second-order valence-electron chi connectivity index (χ2n) is 6.75. The zero-order valence-corrected chi connectivity index (χ0v) is 13.7. The van der Waals surface area contributed by atoms with Crippen LogP contribution in [0, 0.1) is 5.92 Å². The third kappa shape index (κ3) is 2.61. The summed E-state index contributed by atoms with van der Waals surface area (Å²) >= 11 is 0. The van der Waals surface area contributed by atoms with Gasteiger partial charge >= 0.3 is 0 Å². The molecule has 1 aromatic carbocycles. The summed E-state index contributed by atoms with van der Waals surface area (Å²) in [6.45, 7) is 7.41. The van der Waals surface area contributed by atoms with Crippen LogP contribution in [0.5, 0.6) is 0 Å². The molecule has 0 radical (unpaired) electrons. The van der Waals surface area contributed by atoms with Crippen molar-refractivity contribution in [1.82, 2.24) is 4.90 Å². The monoisotopic (exact) mass is 303 g/mol. The van der Waals surface area contributed by atoms with Crippen molar-refractivity contribution in [2.24, 2.45) is 17.4 Å². The van der Waals surface area contributed by atoms with Gasteiger partial charge in [-0.2, -0.15) is 0 Å². The second kappa shape index (κ2) is 5.72. The van der Waals surface area contributed by atoms with Crippen LogP contribution in [0.15, 0.2) is 18.2 Å². The number of primary amides is 2.